The van der Waals surface area contributed by atoms with Crippen LogP contribution in [0, 0.1) is 11.3 Å². The van der Waals surface area contributed by atoms with Crippen LogP contribution in [0.15, 0.2) is 0 Å². The summed E-state index contributed by atoms with van der Waals surface area (Å²) >= 11 is 0. The van der Waals surface area contributed by atoms with Crippen molar-refractivity contribution in [1.82, 2.24) is 0 Å². The van der Waals surface area contributed by atoms with Crippen molar-refractivity contribution in [3.05, 3.63) is 0 Å². The summed E-state index contributed by atoms with van der Waals surface area (Å²) in [6, 6.07) is 2.09. The topological polar surface area (TPSA) is 51.5 Å². The van der Waals surface area contributed by atoms with Crippen molar-refractivity contribution in [3.63, 3.8) is 0 Å². The fourth-order valence-electron chi connectivity index (χ4n) is 1.83. The lowest BCUT2D eigenvalue weighted by molar-refractivity contribution is -0.0154. The summed E-state index contributed by atoms with van der Waals surface area (Å²) in [5.41, 5.74) is 0. The molecule has 0 aromatic heterocycles. The van der Waals surface area contributed by atoms with Crippen molar-refractivity contribution in [3.8, 4) is 6.07 Å². The molecule has 98 valence electrons. The monoisotopic (exact) mass is 241 g/mol. The van der Waals surface area contributed by atoms with Crippen molar-refractivity contribution in [1.29, 1.82) is 5.26 Å². The van der Waals surface area contributed by atoms with E-state index in [2.05, 4.69) is 6.07 Å². The van der Waals surface area contributed by atoms with Gasteiger partial charge in [0.1, 0.15) is 0 Å². The van der Waals surface area contributed by atoms with E-state index in [-0.39, 0.29) is 0 Å². The maximum atomic E-state index is 8.32. The van der Waals surface area contributed by atoms with Crippen molar-refractivity contribution in [2.24, 2.45) is 0 Å². The summed E-state index contributed by atoms with van der Waals surface area (Å²) in [6.07, 6.45) is 6.44. The number of nitriles is 1. The van der Waals surface area contributed by atoms with Gasteiger partial charge in [-0.25, -0.2) is 0 Å². The standard InChI is InChI=1S/C13H23NO3/c14-7-2-4-8-15-11-12-16-10-6-13-5-1-3-9-17-13/h13H,1-6,8-12H2. The van der Waals surface area contributed by atoms with Crippen molar-refractivity contribution >= 4 is 0 Å². The maximum absolute atomic E-state index is 8.32. The first-order chi connectivity index (χ1) is 8.43. The Balaban J connectivity index is 1.76. The third kappa shape index (κ3) is 8.14. The molecule has 4 heteroatoms. The van der Waals surface area contributed by atoms with Gasteiger partial charge in [-0.1, -0.05) is 0 Å². The normalized spacial score (nSPS) is 20.1. The van der Waals surface area contributed by atoms with Crippen molar-refractivity contribution in [2.75, 3.05) is 33.0 Å². The summed E-state index contributed by atoms with van der Waals surface area (Å²) < 4.78 is 16.4. The lowest BCUT2D eigenvalue weighted by atomic mass is 10.1. The minimum absolute atomic E-state index is 0.403. The summed E-state index contributed by atoms with van der Waals surface area (Å²) in [5.74, 6) is 0. The number of ether oxygens (including phenoxy) is 3. The molecule has 0 bridgehead atoms. The van der Waals surface area contributed by atoms with Crippen LogP contribution < -0.4 is 0 Å². The smallest absolute Gasteiger partial charge is 0.0700 e. The van der Waals surface area contributed by atoms with Crippen LogP contribution in [0.2, 0.25) is 0 Å². The van der Waals surface area contributed by atoms with E-state index >= 15 is 0 Å². The molecule has 1 rings (SSSR count). The van der Waals surface area contributed by atoms with Gasteiger partial charge in [0, 0.05) is 26.2 Å². The van der Waals surface area contributed by atoms with Gasteiger partial charge in [-0.3, -0.25) is 0 Å². The van der Waals surface area contributed by atoms with Gasteiger partial charge < -0.3 is 14.2 Å². The Morgan fingerprint density at radius 2 is 1.94 bits per heavy atom. The number of hydrogen-bond donors (Lipinski definition) is 0. The van der Waals surface area contributed by atoms with Crippen LogP contribution in [0.1, 0.15) is 38.5 Å². The minimum atomic E-state index is 0.403. The van der Waals surface area contributed by atoms with Crippen LogP contribution in [0.5, 0.6) is 0 Å². The second-order valence-corrected chi connectivity index (χ2v) is 4.26. The molecule has 1 aliphatic rings. The lowest BCUT2D eigenvalue weighted by Gasteiger charge is -2.22. The molecule has 0 amide bonds. The highest BCUT2D eigenvalue weighted by Gasteiger charge is 2.12. The number of rotatable bonds is 9. The average Bonchev–Trinajstić information content (AvgIpc) is 2.38. The summed E-state index contributed by atoms with van der Waals surface area (Å²) in [6.45, 7) is 3.58. The summed E-state index contributed by atoms with van der Waals surface area (Å²) in [5, 5.41) is 8.32. The third-order valence-corrected chi connectivity index (χ3v) is 2.81. The van der Waals surface area contributed by atoms with Gasteiger partial charge in [0.2, 0.25) is 0 Å². The van der Waals surface area contributed by atoms with E-state index in [1.54, 1.807) is 0 Å². The summed E-state index contributed by atoms with van der Waals surface area (Å²) in [4.78, 5) is 0. The van der Waals surface area contributed by atoms with Crippen LogP contribution >= 0.6 is 0 Å². The molecule has 1 fully saturated rings. The molecule has 0 aromatic rings. The van der Waals surface area contributed by atoms with E-state index in [0.29, 0.717) is 32.3 Å². The zero-order chi connectivity index (χ0) is 12.2. The average molecular weight is 241 g/mol. The van der Waals surface area contributed by atoms with Gasteiger partial charge in [-0.15, -0.1) is 0 Å². The minimum Gasteiger partial charge on any atom is -0.379 e. The molecule has 0 saturated carbocycles. The van der Waals surface area contributed by atoms with Gasteiger partial charge in [-0.2, -0.15) is 5.26 Å². The summed E-state index contributed by atoms with van der Waals surface area (Å²) in [7, 11) is 0. The quantitative estimate of drug-likeness (QED) is 0.581. The molecule has 17 heavy (non-hydrogen) atoms. The molecule has 0 aliphatic carbocycles. The van der Waals surface area contributed by atoms with Gasteiger partial charge in [-0.05, 0) is 32.1 Å². The predicted octanol–water partition coefficient (Wildman–Crippen LogP) is 2.28. The molecular formula is C13H23NO3. The van der Waals surface area contributed by atoms with Crippen LogP contribution in [-0.4, -0.2) is 39.1 Å². The van der Waals surface area contributed by atoms with Crippen molar-refractivity contribution in [2.45, 2.75) is 44.6 Å². The number of unbranched alkanes of at least 4 members (excludes halogenated alkanes) is 1. The fourth-order valence-corrected chi connectivity index (χ4v) is 1.83. The Bertz CT molecular complexity index is 209. The highest BCUT2D eigenvalue weighted by atomic mass is 16.5. The first-order valence-corrected chi connectivity index (χ1v) is 6.57. The number of nitrogens with zero attached hydrogens (tertiary/aromatic N) is 1. The molecule has 0 radical (unpaired) electrons. The zero-order valence-electron chi connectivity index (χ0n) is 10.5. The molecule has 0 aromatic carbocycles. The Kier molecular flexibility index (Phi) is 8.93. The molecule has 1 heterocycles. The van der Waals surface area contributed by atoms with E-state index in [1.807, 2.05) is 0 Å². The van der Waals surface area contributed by atoms with Crippen molar-refractivity contribution < 1.29 is 14.2 Å². The predicted molar refractivity (Wildman–Crippen MR) is 64.7 cm³/mol. The first-order valence-electron chi connectivity index (χ1n) is 6.57. The van der Waals surface area contributed by atoms with Gasteiger partial charge in [0.15, 0.2) is 0 Å². The molecule has 1 saturated heterocycles. The maximum Gasteiger partial charge on any atom is 0.0700 e. The zero-order valence-corrected chi connectivity index (χ0v) is 10.5. The highest BCUT2D eigenvalue weighted by molar-refractivity contribution is 4.67. The van der Waals surface area contributed by atoms with E-state index in [1.165, 1.54) is 19.3 Å². The van der Waals surface area contributed by atoms with Crippen LogP contribution in [-0.2, 0) is 14.2 Å². The molecular weight excluding hydrogens is 218 g/mol. The number of hydrogen-bond acceptors (Lipinski definition) is 4. The second kappa shape index (κ2) is 10.5. The molecule has 1 unspecified atom stereocenters. The molecule has 1 aliphatic heterocycles. The Morgan fingerprint density at radius 1 is 1.12 bits per heavy atom. The molecule has 1 atom stereocenters. The first kappa shape index (κ1) is 14.4. The van der Waals surface area contributed by atoms with Gasteiger partial charge in [0.05, 0.1) is 25.4 Å². The third-order valence-electron chi connectivity index (χ3n) is 2.81. The van der Waals surface area contributed by atoms with E-state index in [4.69, 9.17) is 19.5 Å². The van der Waals surface area contributed by atoms with Crippen LogP contribution in [0.25, 0.3) is 0 Å². The molecule has 4 nitrogen and oxygen atoms in total. The van der Waals surface area contributed by atoms with Gasteiger partial charge >= 0.3 is 0 Å². The van der Waals surface area contributed by atoms with E-state index in [9.17, 15) is 0 Å². The largest absolute Gasteiger partial charge is 0.379 e. The SMILES string of the molecule is N#CCCCOCCOCCC1CCCCO1. The fraction of sp³-hybridized carbons (Fsp3) is 0.923. The Labute approximate surface area is 104 Å². The Hall–Kier alpha value is -0.630. The van der Waals surface area contributed by atoms with E-state index < -0.39 is 0 Å². The molecule has 0 spiro atoms. The van der Waals surface area contributed by atoms with Gasteiger partial charge in [0.25, 0.3) is 0 Å². The van der Waals surface area contributed by atoms with E-state index in [0.717, 1.165) is 26.1 Å². The Morgan fingerprint density at radius 3 is 2.65 bits per heavy atom. The lowest BCUT2D eigenvalue weighted by Crippen LogP contribution is -2.21. The highest BCUT2D eigenvalue weighted by Crippen LogP contribution is 2.15. The van der Waals surface area contributed by atoms with Crippen LogP contribution in [0.3, 0.4) is 0 Å². The molecule has 0 N–H and O–H groups in total. The second-order valence-electron chi connectivity index (χ2n) is 4.26. The van der Waals surface area contributed by atoms with Crippen LogP contribution in [0.4, 0.5) is 0 Å².